The van der Waals surface area contributed by atoms with E-state index in [9.17, 15) is 19.7 Å². The largest absolute Gasteiger partial charge is 0.284 e. The van der Waals surface area contributed by atoms with E-state index in [-0.39, 0.29) is 17.5 Å². The van der Waals surface area contributed by atoms with Gasteiger partial charge in [-0.15, -0.1) is 0 Å². The molecule has 2 fully saturated rings. The van der Waals surface area contributed by atoms with Gasteiger partial charge in [0.25, 0.3) is 11.6 Å². The Labute approximate surface area is 120 Å². The Balaban J connectivity index is 1.96. The van der Waals surface area contributed by atoms with E-state index in [1.807, 2.05) is 0 Å². The number of likely N-dealkylation sites (tertiary alicyclic amines) is 1. The highest BCUT2D eigenvalue weighted by molar-refractivity contribution is 6.07. The van der Waals surface area contributed by atoms with Crippen molar-refractivity contribution in [1.29, 1.82) is 0 Å². The van der Waals surface area contributed by atoms with E-state index in [2.05, 4.69) is 0 Å². The molecule has 1 aromatic rings. The van der Waals surface area contributed by atoms with Gasteiger partial charge < -0.3 is 0 Å². The molecule has 0 aliphatic carbocycles. The molecule has 8 heteroatoms. The highest BCUT2D eigenvalue weighted by Crippen LogP contribution is 2.43. The number of carbonyl (C=O) groups is 2. The molecule has 0 bridgehead atoms. The van der Waals surface area contributed by atoms with Gasteiger partial charge in [0, 0.05) is 26.2 Å². The van der Waals surface area contributed by atoms with Crippen LogP contribution in [0.4, 0.5) is 5.69 Å². The molecule has 3 rings (SSSR count). The number of hydrogen-bond acceptors (Lipinski definition) is 6. The maximum Gasteiger partial charge on any atom is 0.269 e. The van der Waals surface area contributed by atoms with E-state index in [4.69, 9.17) is 4.84 Å². The van der Waals surface area contributed by atoms with Gasteiger partial charge in [-0.05, 0) is 5.56 Å². The Bertz CT molecular complexity index is 629. The average Bonchev–Trinajstić information content (AvgIpc) is 2.90. The van der Waals surface area contributed by atoms with Gasteiger partial charge >= 0.3 is 0 Å². The summed E-state index contributed by atoms with van der Waals surface area (Å²) in [5.41, 5.74) is 0.676. The first-order valence-electron chi connectivity index (χ1n) is 6.37. The van der Waals surface area contributed by atoms with Gasteiger partial charge in [0.1, 0.15) is 0 Å². The Morgan fingerprint density at radius 2 is 1.76 bits per heavy atom. The summed E-state index contributed by atoms with van der Waals surface area (Å²) in [7, 11) is 3.07. The van der Waals surface area contributed by atoms with Crippen molar-refractivity contribution in [3.05, 3.63) is 39.9 Å². The average molecular weight is 291 g/mol. The van der Waals surface area contributed by atoms with Crippen LogP contribution in [0.3, 0.4) is 0 Å². The Hall–Kier alpha value is -2.32. The minimum absolute atomic E-state index is 0.0252. The number of rotatable bonds is 2. The summed E-state index contributed by atoms with van der Waals surface area (Å²) in [5.74, 6) is -1.27. The minimum Gasteiger partial charge on any atom is -0.284 e. The van der Waals surface area contributed by atoms with Crippen LogP contribution in [-0.4, -0.2) is 46.9 Å². The number of fused-ring (bicyclic) bond motifs is 1. The number of hydrogen-bond donors (Lipinski definition) is 0. The molecule has 110 valence electrons. The number of carbonyl (C=O) groups excluding carboxylic acids is 2. The van der Waals surface area contributed by atoms with Crippen molar-refractivity contribution in [2.24, 2.45) is 5.92 Å². The fourth-order valence-electron chi connectivity index (χ4n) is 2.90. The van der Waals surface area contributed by atoms with Gasteiger partial charge in [0.05, 0.1) is 16.9 Å². The molecule has 2 heterocycles. The van der Waals surface area contributed by atoms with Crippen LogP contribution >= 0.6 is 0 Å². The number of non-ortho nitro benzene ring substituents is 1. The van der Waals surface area contributed by atoms with Crippen molar-refractivity contribution < 1.29 is 19.3 Å². The summed E-state index contributed by atoms with van der Waals surface area (Å²) in [4.78, 5) is 40.9. The first-order valence-corrected chi connectivity index (χ1v) is 6.37. The molecule has 0 saturated carbocycles. The summed E-state index contributed by atoms with van der Waals surface area (Å²) in [5, 5.41) is 12.2. The number of nitrogens with zero attached hydrogens (tertiary/aromatic N) is 3. The summed E-state index contributed by atoms with van der Waals surface area (Å²) >= 11 is 0. The van der Waals surface area contributed by atoms with Crippen molar-refractivity contribution in [3.8, 4) is 0 Å². The molecule has 2 aliphatic heterocycles. The summed E-state index contributed by atoms with van der Waals surface area (Å²) in [6.07, 6.45) is -0.812. The molecule has 0 N–H and O–H groups in total. The maximum atomic E-state index is 12.2. The monoisotopic (exact) mass is 291 g/mol. The molecular weight excluding hydrogens is 278 g/mol. The molecule has 1 aromatic carbocycles. The number of benzene rings is 1. The number of likely N-dealkylation sites (N-methyl/N-ethyl adjacent to an activating group) is 1. The number of nitro benzene ring substituents is 1. The topological polar surface area (TPSA) is 93.0 Å². The van der Waals surface area contributed by atoms with Crippen LogP contribution in [0.25, 0.3) is 0 Å². The summed E-state index contributed by atoms with van der Waals surface area (Å²) in [6, 6.07) is 5.49. The fourth-order valence-corrected chi connectivity index (χ4v) is 2.90. The Kier molecular flexibility index (Phi) is 2.99. The molecule has 0 spiro atoms. The third-order valence-electron chi connectivity index (χ3n) is 3.97. The number of amides is 2. The van der Waals surface area contributed by atoms with Gasteiger partial charge in [-0.3, -0.25) is 29.4 Å². The quantitative estimate of drug-likeness (QED) is 0.447. The zero-order valence-electron chi connectivity index (χ0n) is 11.4. The maximum absolute atomic E-state index is 12.2. The predicted molar refractivity (Wildman–Crippen MR) is 69.7 cm³/mol. The highest BCUT2D eigenvalue weighted by atomic mass is 16.7. The minimum atomic E-state index is -0.812. The normalized spacial score (nSPS) is 29.0. The molecule has 21 heavy (non-hydrogen) atoms. The Morgan fingerprint density at radius 3 is 2.33 bits per heavy atom. The lowest BCUT2D eigenvalue weighted by Crippen LogP contribution is -2.33. The highest BCUT2D eigenvalue weighted by Gasteiger charge is 2.57. The first-order chi connectivity index (χ1) is 9.91. The van der Waals surface area contributed by atoms with Crippen molar-refractivity contribution >= 4 is 17.5 Å². The van der Waals surface area contributed by atoms with E-state index in [1.54, 1.807) is 19.2 Å². The fraction of sp³-hybridized carbons (Fsp3) is 0.385. The predicted octanol–water partition coefficient (Wildman–Crippen LogP) is 0.496. The second-order valence-electron chi connectivity index (χ2n) is 5.13. The lowest BCUT2D eigenvalue weighted by atomic mass is 9.91. The van der Waals surface area contributed by atoms with E-state index in [0.29, 0.717) is 5.56 Å². The van der Waals surface area contributed by atoms with Gasteiger partial charge in [-0.25, -0.2) is 0 Å². The number of hydroxylamine groups is 2. The van der Waals surface area contributed by atoms with Crippen LogP contribution in [0.2, 0.25) is 0 Å². The van der Waals surface area contributed by atoms with Gasteiger partial charge in [0.15, 0.2) is 6.10 Å². The van der Waals surface area contributed by atoms with Crippen molar-refractivity contribution in [2.45, 2.75) is 12.1 Å². The molecular formula is C13H13N3O5. The molecule has 2 aliphatic rings. The summed E-state index contributed by atoms with van der Waals surface area (Å²) in [6.45, 7) is 0. The zero-order chi connectivity index (χ0) is 15.3. The van der Waals surface area contributed by atoms with Crippen molar-refractivity contribution in [3.63, 3.8) is 0 Å². The SMILES string of the molecule is CN1C(=O)[C@@H]2[C@@H](ON(C)[C@H]2c2ccc([N+](=O)[O-])cc2)C1=O. The molecule has 0 radical (unpaired) electrons. The molecule has 0 unspecified atom stereocenters. The number of nitro groups is 1. The van der Waals surface area contributed by atoms with Gasteiger partial charge in [0.2, 0.25) is 5.91 Å². The first kappa shape index (κ1) is 13.7. The van der Waals surface area contributed by atoms with E-state index in [1.165, 1.54) is 24.2 Å². The third-order valence-corrected chi connectivity index (χ3v) is 3.97. The molecule has 3 atom stereocenters. The van der Waals surface area contributed by atoms with Crippen LogP contribution in [0.15, 0.2) is 24.3 Å². The Morgan fingerprint density at radius 1 is 1.14 bits per heavy atom. The molecule has 8 nitrogen and oxygen atoms in total. The second kappa shape index (κ2) is 4.61. The summed E-state index contributed by atoms with van der Waals surface area (Å²) < 4.78 is 0. The molecule has 2 amide bonds. The van der Waals surface area contributed by atoms with E-state index < -0.39 is 23.0 Å². The van der Waals surface area contributed by atoms with Crippen molar-refractivity contribution in [2.75, 3.05) is 14.1 Å². The zero-order valence-corrected chi connectivity index (χ0v) is 11.4. The standard InChI is InChI=1S/C13H13N3O5/c1-14-12(17)9-10(15(2)21-11(9)13(14)18)7-3-5-8(6-4-7)16(19)20/h3-6,9-11H,1-2H3/t9-,10-,11+/m0/s1. The number of imide groups is 1. The lowest BCUT2D eigenvalue weighted by Gasteiger charge is -2.22. The molecule has 2 saturated heterocycles. The van der Waals surface area contributed by atoms with Crippen LogP contribution in [0, 0.1) is 16.0 Å². The molecule has 0 aromatic heterocycles. The van der Waals surface area contributed by atoms with Crippen LogP contribution in [0.5, 0.6) is 0 Å². The van der Waals surface area contributed by atoms with Crippen LogP contribution in [-0.2, 0) is 14.4 Å². The smallest absolute Gasteiger partial charge is 0.269 e. The second-order valence-corrected chi connectivity index (χ2v) is 5.13. The van der Waals surface area contributed by atoms with Gasteiger partial charge in [-0.2, -0.15) is 5.06 Å². The van der Waals surface area contributed by atoms with Gasteiger partial charge in [-0.1, -0.05) is 12.1 Å². The lowest BCUT2D eigenvalue weighted by molar-refractivity contribution is -0.384. The van der Waals surface area contributed by atoms with Crippen LogP contribution < -0.4 is 0 Å². The van der Waals surface area contributed by atoms with E-state index in [0.717, 1.165) is 4.90 Å². The van der Waals surface area contributed by atoms with Crippen molar-refractivity contribution in [1.82, 2.24) is 9.96 Å². The third kappa shape index (κ3) is 1.91. The van der Waals surface area contributed by atoms with E-state index >= 15 is 0 Å². The van der Waals surface area contributed by atoms with Crippen LogP contribution in [0.1, 0.15) is 11.6 Å².